The van der Waals surface area contributed by atoms with Crippen LogP contribution >= 0.6 is 0 Å². The van der Waals surface area contributed by atoms with E-state index in [0.29, 0.717) is 28.6 Å². The third-order valence-corrected chi connectivity index (χ3v) is 3.23. The van der Waals surface area contributed by atoms with E-state index in [9.17, 15) is 4.79 Å². The van der Waals surface area contributed by atoms with Gasteiger partial charge in [-0.1, -0.05) is 30.3 Å². The van der Waals surface area contributed by atoms with Gasteiger partial charge >= 0.3 is 0 Å². The fourth-order valence-electron chi connectivity index (χ4n) is 2.18. The molecule has 0 aliphatic rings. The zero-order valence-corrected chi connectivity index (χ0v) is 12.3. The summed E-state index contributed by atoms with van der Waals surface area (Å²) in [7, 11) is 0. The Morgan fingerprint density at radius 1 is 1.09 bits per heavy atom. The monoisotopic (exact) mass is 293 g/mol. The van der Waals surface area contributed by atoms with E-state index in [4.69, 9.17) is 4.42 Å². The number of nitrogens with one attached hydrogen (secondary N) is 1. The Hall–Kier alpha value is -2.95. The van der Waals surface area contributed by atoms with E-state index in [1.165, 1.54) is 0 Å². The van der Waals surface area contributed by atoms with Crippen LogP contribution in [0.15, 0.2) is 53.2 Å². The van der Waals surface area contributed by atoms with Crippen LogP contribution in [0, 0.1) is 13.8 Å². The number of benzene rings is 1. The fourth-order valence-corrected chi connectivity index (χ4v) is 2.18. The van der Waals surface area contributed by atoms with Crippen LogP contribution in [-0.2, 0) is 0 Å². The third-order valence-electron chi connectivity index (χ3n) is 3.23. The van der Waals surface area contributed by atoms with E-state index in [-0.39, 0.29) is 5.91 Å². The SMILES string of the molecule is Cc1cc(C(=O)Nc2cnc(-c3ccccc3)nc2)c(C)o1. The van der Waals surface area contributed by atoms with Crippen LogP contribution in [-0.4, -0.2) is 15.9 Å². The largest absolute Gasteiger partial charge is 0.466 e. The highest BCUT2D eigenvalue weighted by molar-refractivity contribution is 6.04. The lowest BCUT2D eigenvalue weighted by Gasteiger charge is -2.05. The van der Waals surface area contributed by atoms with Gasteiger partial charge in [-0.3, -0.25) is 4.79 Å². The van der Waals surface area contributed by atoms with Crippen molar-refractivity contribution in [1.82, 2.24) is 9.97 Å². The Bertz CT molecular complexity index is 793. The normalized spacial score (nSPS) is 10.5. The minimum Gasteiger partial charge on any atom is -0.466 e. The molecule has 0 bridgehead atoms. The zero-order valence-electron chi connectivity index (χ0n) is 12.3. The number of hydrogen-bond donors (Lipinski definition) is 1. The molecule has 0 saturated heterocycles. The van der Waals surface area contributed by atoms with Crippen LogP contribution in [0.5, 0.6) is 0 Å². The smallest absolute Gasteiger partial charge is 0.259 e. The van der Waals surface area contributed by atoms with Gasteiger partial charge in [0, 0.05) is 5.56 Å². The van der Waals surface area contributed by atoms with Crippen LogP contribution in [0.2, 0.25) is 0 Å². The van der Waals surface area contributed by atoms with E-state index in [1.54, 1.807) is 25.4 Å². The van der Waals surface area contributed by atoms with Crippen LogP contribution in [0.1, 0.15) is 21.9 Å². The Balaban J connectivity index is 1.76. The number of anilines is 1. The standard InChI is InChI=1S/C17H15N3O2/c1-11-8-15(12(2)22-11)17(21)20-14-9-18-16(19-10-14)13-6-4-3-5-7-13/h3-10H,1-2H3,(H,20,21). The summed E-state index contributed by atoms with van der Waals surface area (Å²) in [5.41, 5.74) is 1.99. The summed E-state index contributed by atoms with van der Waals surface area (Å²) in [5.74, 6) is 1.69. The molecule has 1 N–H and O–H groups in total. The maximum Gasteiger partial charge on any atom is 0.259 e. The van der Waals surface area contributed by atoms with Gasteiger partial charge in [0.2, 0.25) is 0 Å². The molecule has 0 atom stereocenters. The molecule has 0 saturated carbocycles. The second kappa shape index (κ2) is 5.81. The van der Waals surface area contributed by atoms with Gasteiger partial charge in [0.25, 0.3) is 5.91 Å². The summed E-state index contributed by atoms with van der Waals surface area (Å²) in [5, 5.41) is 2.77. The number of aryl methyl sites for hydroxylation is 2. The van der Waals surface area contributed by atoms with Gasteiger partial charge in [0.15, 0.2) is 5.82 Å². The summed E-state index contributed by atoms with van der Waals surface area (Å²) >= 11 is 0. The number of furan rings is 1. The first kappa shape index (κ1) is 14.0. The number of carbonyl (C=O) groups excluding carboxylic acids is 1. The van der Waals surface area contributed by atoms with Crippen molar-refractivity contribution >= 4 is 11.6 Å². The fraction of sp³-hybridized carbons (Fsp3) is 0.118. The predicted octanol–water partition coefficient (Wildman–Crippen LogP) is 3.61. The van der Waals surface area contributed by atoms with Gasteiger partial charge in [-0.25, -0.2) is 9.97 Å². The number of carbonyl (C=O) groups is 1. The molecule has 1 aromatic carbocycles. The summed E-state index contributed by atoms with van der Waals surface area (Å²) in [6.45, 7) is 3.57. The maximum atomic E-state index is 12.2. The number of rotatable bonds is 3. The first-order valence-electron chi connectivity index (χ1n) is 6.89. The molecule has 5 heteroatoms. The van der Waals surface area contributed by atoms with Crippen LogP contribution in [0.4, 0.5) is 5.69 Å². The highest BCUT2D eigenvalue weighted by Gasteiger charge is 2.14. The molecule has 2 heterocycles. The minimum atomic E-state index is -0.231. The maximum absolute atomic E-state index is 12.2. The average molecular weight is 293 g/mol. The lowest BCUT2D eigenvalue weighted by atomic mass is 10.2. The van der Waals surface area contributed by atoms with Crippen molar-refractivity contribution in [2.45, 2.75) is 13.8 Å². The van der Waals surface area contributed by atoms with E-state index in [2.05, 4.69) is 15.3 Å². The van der Waals surface area contributed by atoms with Gasteiger partial charge in [-0.05, 0) is 19.9 Å². The van der Waals surface area contributed by atoms with E-state index < -0.39 is 0 Å². The molecule has 110 valence electrons. The van der Waals surface area contributed by atoms with Gasteiger partial charge in [-0.2, -0.15) is 0 Å². The molecule has 3 aromatic rings. The van der Waals surface area contributed by atoms with Crippen molar-refractivity contribution in [3.63, 3.8) is 0 Å². The van der Waals surface area contributed by atoms with Gasteiger partial charge < -0.3 is 9.73 Å². The first-order valence-corrected chi connectivity index (χ1v) is 6.89. The Labute approximate surface area is 128 Å². The Morgan fingerprint density at radius 2 is 1.77 bits per heavy atom. The summed E-state index contributed by atoms with van der Waals surface area (Å²) < 4.78 is 5.36. The topological polar surface area (TPSA) is 68.0 Å². The molecule has 0 unspecified atom stereocenters. The average Bonchev–Trinajstić information content (AvgIpc) is 2.88. The molecule has 0 aliphatic heterocycles. The number of hydrogen-bond acceptors (Lipinski definition) is 4. The molecule has 0 radical (unpaired) electrons. The molecular weight excluding hydrogens is 278 g/mol. The van der Waals surface area contributed by atoms with Crippen molar-refractivity contribution in [3.05, 3.63) is 65.9 Å². The zero-order chi connectivity index (χ0) is 15.5. The summed E-state index contributed by atoms with van der Waals surface area (Å²) in [4.78, 5) is 20.7. The van der Waals surface area contributed by atoms with Crippen molar-refractivity contribution in [3.8, 4) is 11.4 Å². The van der Waals surface area contributed by atoms with E-state index >= 15 is 0 Å². The van der Waals surface area contributed by atoms with Crippen molar-refractivity contribution < 1.29 is 9.21 Å². The molecule has 22 heavy (non-hydrogen) atoms. The lowest BCUT2D eigenvalue weighted by molar-refractivity contribution is 0.102. The van der Waals surface area contributed by atoms with Crippen LogP contribution < -0.4 is 5.32 Å². The molecule has 0 spiro atoms. The Morgan fingerprint density at radius 3 is 2.36 bits per heavy atom. The van der Waals surface area contributed by atoms with Crippen LogP contribution in [0.25, 0.3) is 11.4 Å². The summed E-state index contributed by atoms with van der Waals surface area (Å²) in [6, 6.07) is 11.4. The van der Waals surface area contributed by atoms with Crippen molar-refractivity contribution in [2.24, 2.45) is 0 Å². The molecule has 1 amide bonds. The third kappa shape index (κ3) is 2.88. The number of nitrogens with zero attached hydrogens (tertiary/aromatic N) is 2. The van der Waals surface area contributed by atoms with Crippen LogP contribution in [0.3, 0.4) is 0 Å². The van der Waals surface area contributed by atoms with Gasteiger partial charge in [-0.15, -0.1) is 0 Å². The van der Waals surface area contributed by atoms with E-state index in [0.717, 1.165) is 5.56 Å². The highest BCUT2D eigenvalue weighted by atomic mass is 16.3. The first-order chi connectivity index (χ1) is 10.6. The molecule has 5 nitrogen and oxygen atoms in total. The molecule has 0 fully saturated rings. The lowest BCUT2D eigenvalue weighted by Crippen LogP contribution is -2.12. The Kier molecular flexibility index (Phi) is 3.70. The predicted molar refractivity (Wildman–Crippen MR) is 83.6 cm³/mol. The van der Waals surface area contributed by atoms with Gasteiger partial charge in [0.1, 0.15) is 11.5 Å². The quantitative estimate of drug-likeness (QED) is 0.801. The van der Waals surface area contributed by atoms with Crippen molar-refractivity contribution in [1.29, 1.82) is 0 Å². The molecular formula is C17H15N3O2. The molecule has 3 rings (SSSR count). The second-order valence-electron chi connectivity index (χ2n) is 4.94. The van der Waals surface area contributed by atoms with Gasteiger partial charge in [0.05, 0.1) is 23.6 Å². The minimum absolute atomic E-state index is 0.231. The number of aromatic nitrogens is 2. The van der Waals surface area contributed by atoms with E-state index in [1.807, 2.05) is 37.3 Å². The summed E-state index contributed by atoms with van der Waals surface area (Å²) in [6.07, 6.45) is 3.19. The number of amides is 1. The molecule has 0 aliphatic carbocycles. The highest BCUT2D eigenvalue weighted by Crippen LogP contribution is 2.17. The van der Waals surface area contributed by atoms with Crippen molar-refractivity contribution in [2.75, 3.05) is 5.32 Å². The molecule has 2 aromatic heterocycles. The second-order valence-corrected chi connectivity index (χ2v) is 4.94.